The predicted molar refractivity (Wildman–Crippen MR) is 45.0 cm³/mol. The van der Waals surface area contributed by atoms with Crippen LogP contribution in [0.3, 0.4) is 0 Å². The van der Waals surface area contributed by atoms with Crippen molar-refractivity contribution in [2.45, 2.75) is 31.7 Å². The number of carbonyl (C=O) groups is 2. The first kappa shape index (κ1) is 8.53. The van der Waals surface area contributed by atoms with E-state index >= 15 is 0 Å². The Kier molecular flexibility index (Phi) is 1.98. The summed E-state index contributed by atoms with van der Waals surface area (Å²) in [4.78, 5) is 21.8. The van der Waals surface area contributed by atoms with Gasteiger partial charge < -0.3 is 10.4 Å². The van der Waals surface area contributed by atoms with Crippen molar-refractivity contribution in [2.75, 3.05) is 0 Å². The van der Waals surface area contributed by atoms with E-state index in [9.17, 15) is 9.59 Å². The maximum Gasteiger partial charge on any atom is 0.308 e. The van der Waals surface area contributed by atoms with Crippen LogP contribution in [0.2, 0.25) is 0 Å². The van der Waals surface area contributed by atoms with E-state index < -0.39 is 5.97 Å². The maximum atomic E-state index is 10.9. The van der Waals surface area contributed by atoms with Crippen molar-refractivity contribution in [1.29, 1.82) is 0 Å². The normalized spacial score (nSPS) is 29.8. The second-order valence-corrected chi connectivity index (χ2v) is 3.91. The first-order valence-electron chi connectivity index (χ1n) is 4.70. The molecular weight excluding hydrogens is 170 g/mol. The fourth-order valence-corrected chi connectivity index (χ4v) is 2.06. The molecule has 4 heteroatoms. The monoisotopic (exact) mass is 183 g/mol. The third kappa shape index (κ3) is 1.66. The number of carbonyl (C=O) groups excluding carboxylic acids is 1. The summed E-state index contributed by atoms with van der Waals surface area (Å²) in [6, 6.07) is -0.113. The molecule has 72 valence electrons. The lowest BCUT2D eigenvalue weighted by Gasteiger charge is -2.18. The van der Waals surface area contributed by atoms with E-state index in [4.69, 9.17) is 5.11 Å². The molecule has 4 nitrogen and oxygen atoms in total. The molecule has 0 spiro atoms. The van der Waals surface area contributed by atoms with E-state index in [2.05, 4.69) is 5.32 Å². The highest BCUT2D eigenvalue weighted by molar-refractivity contribution is 5.80. The van der Waals surface area contributed by atoms with Gasteiger partial charge in [-0.05, 0) is 25.2 Å². The summed E-state index contributed by atoms with van der Waals surface area (Å²) in [5.41, 5.74) is 0. The van der Waals surface area contributed by atoms with Crippen LogP contribution in [0.1, 0.15) is 25.7 Å². The molecule has 2 rings (SSSR count). The lowest BCUT2D eigenvalue weighted by molar-refractivity contribution is -0.143. The molecule has 1 saturated carbocycles. The Morgan fingerprint density at radius 3 is 2.54 bits per heavy atom. The van der Waals surface area contributed by atoms with Crippen LogP contribution >= 0.6 is 0 Å². The zero-order valence-corrected chi connectivity index (χ0v) is 7.32. The van der Waals surface area contributed by atoms with Crippen molar-refractivity contribution in [2.24, 2.45) is 11.8 Å². The van der Waals surface area contributed by atoms with Crippen molar-refractivity contribution in [1.82, 2.24) is 5.32 Å². The molecule has 2 N–H and O–H groups in total. The third-order valence-electron chi connectivity index (χ3n) is 2.88. The zero-order chi connectivity index (χ0) is 9.42. The summed E-state index contributed by atoms with van der Waals surface area (Å²) < 4.78 is 0. The Morgan fingerprint density at radius 1 is 1.46 bits per heavy atom. The van der Waals surface area contributed by atoms with Gasteiger partial charge in [0.2, 0.25) is 5.91 Å². The van der Waals surface area contributed by atoms with Crippen LogP contribution in [-0.2, 0) is 9.59 Å². The number of hydrogen-bond donors (Lipinski definition) is 2. The topological polar surface area (TPSA) is 66.4 Å². The average molecular weight is 183 g/mol. The molecule has 0 aromatic heterocycles. The Balaban J connectivity index is 2.02. The number of rotatable bonds is 3. The Labute approximate surface area is 76.3 Å². The van der Waals surface area contributed by atoms with Gasteiger partial charge in [-0.1, -0.05) is 0 Å². The van der Waals surface area contributed by atoms with Gasteiger partial charge in [-0.25, -0.2) is 0 Å². The molecule has 2 aliphatic rings. The minimum atomic E-state index is -0.755. The second kappa shape index (κ2) is 3.01. The number of amides is 1. The summed E-state index contributed by atoms with van der Waals surface area (Å²) in [6.45, 7) is 0. The van der Waals surface area contributed by atoms with Gasteiger partial charge in [0.25, 0.3) is 0 Å². The highest BCUT2D eigenvalue weighted by Gasteiger charge is 2.43. The zero-order valence-electron chi connectivity index (χ0n) is 7.32. The maximum absolute atomic E-state index is 10.9. The van der Waals surface area contributed by atoms with E-state index in [1.54, 1.807) is 0 Å². The van der Waals surface area contributed by atoms with Crippen LogP contribution in [0.5, 0.6) is 0 Å². The highest BCUT2D eigenvalue weighted by atomic mass is 16.4. The molecule has 0 bridgehead atoms. The fraction of sp³-hybridized carbons (Fsp3) is 0.778. The van der Waals surface area contributed by atoms with Crippen LogP contribution < -0.4 is 5.32 Å². The lowest BCUT2D eigenvalue weighted by atomic mass is 9.93. The third-order valence-corrected chi connectivity index (χ3v) is 2.88. The molecule has 1 aliphatic carbocycles. The summed E-state index contributed by atoms with van der Waals surface area (Å²) in [5.74, 6) is -0.793. The van der Waals surface area contributed by atoms with Gasteiger partial charge in [-0.3, -0.25) is 9.59 Å². The molecule has 2 fully saturated rings. The van der Waals surface area contributed by atoms with Gasteiger partial charge >= 0.3 is 5.97 Å². The standard InChI is InChI=1S/C9H13NO3/c11-7-4-3-6(10-7)8(9(12)13)5-1-2-5/h5-6,8H,1-4H2,(H,10,11)(H,12,13). The van der Waals surface area contributed by atoms with Crippen molar-refractivity contribution in [3.8, 4) is 0 Å². The Bertz CT molecular complexity index is 247. The summed E-state index contributed by atoms with van der Waals surface area (Å²) in [7, 11) is 0. The van der Waals surface area contributed by atoms with Gasteiger partial charge in [-0.2, -0.15) is 0 Å². The molecule has 0 aromatic carbocycles. The molecule has 13 heavy (non-hydrogen) atoms. The van der Waals surface area contributed by atoms with Gasteiger partial charge in [0.15, 0.2) is 0 Å². The Morgan fingerprint density at radius 2 is 2.15 bits per heavy atom. The van der Waals surface area contributed by atoms with E-state index in [0.717, 1.165) is 12.8 Å². The van der Waals surface area contributed by atoms with Crippen LogP contribution in [0.15, 0.2) is 0 Å². The van der Waals surface area contributed by atoms with E-state index in [1.807, 2.05) is 0 Å². The minimum absolute atomic E-state index is 0.00287. The molecule has 0 radical (unpaired) electrons. The van der Waals surface area contributed by atoms with E-state index in [1.165, 1.54) is 0 Å². The molecule has 1 heterocycles. The smallest absolute Gasteiger partial charge is 0.308 e. The van der Waals surface area contributed by atoms with Crippen LogP contribution in [-0.4, -0.2) is 23.0 Å². The number of hydrogen-bond acceptors (Lipinski definition) is 2. The molecule has 1 amide bonds. The quantitative estimate of drug-likeness (QED) is 0.664. The van der Waals surface area contributed by atoms with Gasteiger partial charge in [0, 0.05) is 12.5 Å². The average Bonchev–Trinajstić information content (AvgIpc) is 2.76. The minimum Gasteiger partial charge on any atom is -0.481 e. The summed E-state index contributed by atoms with van der Waals surface area (Å²) >= 11 is 0. The van der Waals surface area contributed by atoms with Gasteiger partial charge in [0.1, 0.15) is 0 Å². The van der Waals surface area contributed by atoms with Crippen molar-refractivity contribution < 1.29 is 14.7 Å². The second-order valence-electron chi connectivity index (χ2n) is 3.91. The molecule has 1 aliphatic heterocycles. The largest absolute Gasteiger partial charge is 0.481 e. The number of aliphatic carboxylic acids is 1. The van der Waals surface area contributed by atoms with E-state index in [-0.39, 0.29) is 17.9 Å². The molecule has 0 aromatic rings. The molecule has 2 unspecified atom stereocenters. The van der Waals surface area contributed by atoms with Gasteiger partial charge in [-0.15, -0.1) is 0 Å². The van der Waals surface area contributed by atoms with Crippen molar-refractivity contribution in [3.05, 3.63) is 0 Å². The SMILES string of the molecule is O=C1CCC(C(C(=O)O)C2CC2)N1. The van der Waals surface area contributed by atoms with Crippen LogP contribution in [0, 0.1) is 11.8 Å². The van der Waals surface area contributed by atoms with E-state index in [0.29, 0.717) is 18.8 Å². The predicted octanol–water partition coefficient (Wildman–Crippen LogP) is 0.376. The highest BCUT2D eigenvalue weighted by Crippen LogP contribution is 2.40. The molecular formula is C9H13NO3. The van der Waals surface area contributed by atoms with Crippen LogP contribution in [0.4, 0.5) is 0 Å². The molecule has 2 atom stereocenters. The lowest BCUT2D eigenvalue weighted by Crippen LogP contribution is -2.38. The van der Waals surface area contributed by atoms with Crippen LogP contribution in [0.25, 0.3) is 0 Å². The number of carboxylic acid groups (broad SMARTS) is 1. The summed E-state index contributed by atoms with van der Waals surface area (Å²) in [5, 5.41) is 11.7. The Hall–Kier alpha value is -1.06. The fourth-order valence-electron chi connectivity index (χ4n) is 2.06. The van der Waals surface area contributed by atoms with Crippen molar-refractivity contribution in [3.63, 3.8) is 0 Å². The molecule has 1 saturated heterocycles. The number of carboxylic acids is 1. The number of nitrogens with one attached hydrogen (secondary N) is 1. The first-order chi connectivity index (χ1) is 6.18. The van der Waals surface area contributed by atoms with Gasteiger partial charge in [0.05, 0.1) is 5.92 Å². The summed E-state index contributed by atoms with van der Waals surface area (Å²) in [6.07, 6.45) is 3.18. The van der Waals surface area contributed by atoms with Crippen molar-refractivity contribution >= 4 is 11.9 Å². The first-order valence-corrected chi connectivity index (χ1v) is 4.70.